The van der Waals surface area contributed by atoms with Gasteiger partial charge in [-0.25, -0.2) is 0 Å². The van der Waals surface area contributed by atoms with Crippen molar-refractivity contribution in [2.75, 3.05) is 38.7 Å². The molecule has 0 aromatic heterocycles. The normalized spacial score (nSPS) is 17.3. The quantitative estimate of drug-likeness (QED) is 0.773. The molecule has 1 N–H and O–H groups in total. The van der Waals surface area contributed by atoms with Gasteiger partial charge in [-0.2, -0.15) is 0 Å². The molecule has 0 atom stereocenters. The molecule has 0 saturated carbocycles. The number of likely N-dealkylation sites (tertiary alicyclic amines) is 1. The van der Waals surface area contributed by atoms with Gasteiger partial charge in [-0.15, -0.1) is 0 Å². The summed E-state index contributed by atoms with van der Waals surface area (Å²) < 4.78 is 5.05. The van der Waals surface area contributed by atoms with Crippen molar-refractivity contribution in [2.24, 2.45) is 5.92 Å². The SMILES string of the molecule is COCCCNc1ccc(CN2CCC(C)CC2)cc1. The summed E-state index contributed by atoms with van der Waals surface area (Å²) >= 11 is 0. The summed E-state index contributed by atoms with van der Waals surface area (Å²) in [6.45, 7) is 7.74. The summed E-state index contributed by atoms with van der Waals surface area (Å²) in [4.78, 5) is 2.57. The molecule has 0 bridgehead atoms. The first kappa shape index (κ1) is 15.3. The Morgan fingerprint density at radius 3 is 2.55 bits per heavy atom. The van der Waals surface area contributed by atoms with Crippen LogP contribution in [0.2, 0.25) is 0 Å². The molecule has 112 valence electrons. The Kier molecular flexibility index (Phi) is 6.34. The van der Waals surface area contributed by atoms with Crippen molar-refractivity contribution in [1.29, 1.82) is 0 Å². The Bertz CT molecular complexity index is 369. The molecule has 1 saturated heterocycles. The molecule has 1 aliphatic rings. The van der Waals surface area contributed by atoms with Gasteiger partial charge < -0.3 is 10.1 Å². The van der Waals surface area contributed by atoms with E-state index in [0.717, 1.165) is 32.0 Å². The number of nitrogens with one attached hydrogen (secondary N) is 1. The van der Waals surface area contributed by atoms with E-state index < -0.39 is 0 Å². The highest BCUT2D eigenvalue weighted by molar-refractivity contribution is 5.44. The third kappa shape index (κ3) is 5.14. The van der Waals surface area contributed by atoms with Gasteiger partial charge in [0.15, 0.2) is 0 Å². The lowest BCUT2D eigenvalue weighted by Gasteiger charge is -2.30. The Balaban J connectivity index is 1.73. The lowest BCUT2D eigenvalue weighted by Crippen LogP contribution is -2.32. The highest BCUT2D eigenvalue weighted by Crippen LogP contribution is 2.18. The van der Waals surface area contributed by atoms with Crippen LogP contribution < -0.4 is 5.32 Å². The molecular formula is C17H28N2O. The molecule has 1 fully saturated rings. The highest BCUT2D eigenvalue weighted by atomic mass is 16.5. The van der Waals surface area contributed by atoms with Crippen LogP contribution in [0.1, 0.15) is 31.7 Å². The fraction of sp³-hybridized carbons (Fsp3) is 0.647. The van der Waals surface area contributed by atoms with Gasteiger partial charge in [0, 0.05) is 32.5 Å². The lowest BCUT2D eigenvalue weighted by atomic mass is 9.99. The van der Waals surface area contributed by atoms with E-state index in [9.17, 15) is 0 Å². The standard InChI is InChI=1S/C17H28N2O/c1-15-8-11-19(12-9-15)14-16-4-6-17(7-5-16)18-10-3-13-20-2/h4-7,15,18H,3,8-14H2,1-2H3. The van der Waals surface area contributed by atoms with E-state index in [1.165, 1.54) is 37.2 Å². The second kappa shape index (κ2) is 8.28. The smallest absolute Gasteiger partial charge is 0.0479 e. The molecule has 1 heterocycles. The molecule has 1 aromatic rings. The van der Waals surface area contributed by atoms with Gasteiger partial charge >= 0.3 is 0 Å². The molecule has 1 aliphatic heterocycles. The van der Waals surface area contributed by atoms with Crippen LogP contribution in [0.15, 0.2) is 24.3 Å². The highest BCUT2D eigenvalue weighted by Gasteiger charge is 2.15. The molecule has 3 nitrogen and oxygen atoms in total. The topological polar surface area (TPSA) is 24.5 Å². The van der Waals surface area contributed by atoms with Gasteiger partial charge in [0.1, 0.15) is 0 Å². The van der Waals surface area contributed by atoms with Crippen LogP contribution in [0, 0.1) is 5.92 Å². The first-order valence-electron chi connectivity index (χ1n) is 7.82. The number of anilines is 1. The summed E-state index contributed by atoms with van der Waals surface area (Å²) in [6, 6.07) is 8.87. The summed E-state index contributed by atoms with van der Waals surface area (Å²) in [7, 11) is 1.75. The number of hydrogen-bond acceptors (Lipinski definition) is 3. The van der Waals surface area contributed by atoms with E-state index in [2.05, 4.69) is 41.4 Å². The lowest BCUT2D eigenvalue weighted by molar-refractivity contribution is 0.185. The van der Waals surface area contributed by atoms with Crippen LogP contribution >= 0.6 is 0 Å². The van der Waals surface area contributed by atoms with Crippen molar-refractivity contribution in [1.82, 2.24) is 4.90 Å². The number of nitrogens with zero attached hydrogens (tertiary/aromatic N) is 1. The Morgan fingerprint density at radius 2 is 1.90 bits per heavy atom. The minimum Gasteiger partial charge on any atom is -0.385 e. The van der Waals surface area contributed by atoms with Crippen molar-refractivity contribution in [3.8, 4) is 0 Å². The molecular weight excluding hydrogens is 248 g/mol. The van der Waals surface area contributed by atoms with Crippen LogP contribution in [0.5, 0.6) is 0 Å². The van der Waals surface area contributed by atoms with Gasteiger partial charge in [0.05, 0.1) is 0 Å². The van der Waals surface area contributed by atoms with Crippen LogP contribution in [0.25, 0.3) is 0 Å². The van der Waals surface area contributed by atoms with E-state index in [1.54, 1.807) is 7.11 Å². The first-order chi connectivity index (χ1) is 9.78. The van der Waals surface area contributed by atoms with Crippen molar-refractivity contribution in [3.63, 3.8) is 0 Å². The maximum absolute atomic E-state index is 5.05. The van der Waals surface area contributed by atoms with Gasteiger partial charge in [0.25, 0.3) is 0 Å². The second-order valence-corrected chi connectivity index (χ2v) is 5.93. The fourth-order valence-electron chi connectivity index (χ4n) is 2.66. The van der Waals surface area contributed by atoms with E-state index in [4.69, 9.17) is 4.74 Å². The van der Waals surface area contributed by atoms with E-state index in [1.807, 2.05) is 0 Å². The molecule has 20 heavy (non-hydrogen) atoms. The zero-order chi connectivity index (χ0) is 14.2. The summed E-state index contributed by atoms with van der Waals surface area (Å²) in [5, 5.41) is 3.42. The van der Waals surface area contributed by atoms with Crippen molar-refractivity contribution in [3.05, 3.63) is 29.8 Å². The first-order valence-corrected chi connectivity index (χ1v) is 7.82. The molecule has 0 spiro atoms. The predicted octanol–water partition coefficient (Wildman–Crippen LogP) is 3.37. The van der Waals surface area contributed by atoms with Crippen LogP contribution in [-0.4, -0.2) is 38.3 Å². The fourth-order valence-corrected chi connectivity index (χ4v) is 2.66. The van der Waals surface area contributed by atoms with Gasteiger partial charge in [-0.1, -0.05) is 19.1 Å². The van der Waals surface area contributed by atoms with Crippen LogP contribution in [-0.2, 0) is 11.3 Å². The summed E-state index contributed by atoms with van der Waals surface area (Å²) in [5.41, 5.74) is 2.62. The summed E-state index contributed by atoms with van der Waals surface area (Å²) in [6.07, 6.45) is 3.74. The van der Waals surface area contributed by atoms with Crippen LogP contribution in [0.3, 0.4) is 0 Å². The predicted molar refractivity (Wildman–Crippen MR) is 85.1 cm³/mol. The Hall–Kier alpha value is -1.06. The molecule has 1 aromatic carbocycles. The molecule has 0 aliphatic carbocycles. The second-order valence-electron chi connectivity index (χ2n) is 5.93. The third-order valence-electron chi connectivity index (χ3n) is 4.09. The van der Waals surface area contributed by atoms with E-state index in [-0.39, 0.29) is 0 Å². The largest absolute Gasteiger partial charge is 0.385 e. The molecule has 2 rings (SSSR count). The van der Waals surface area contributed by atoms with Crippen molar-refractivity contribution >= 4 is 5.69 Å². The number of benzene rings is 1. The monoisotopic (exact) mass is 276 g/mol. The van der Waals surface area contributed by atoms with Gasteiger partial charge in [-0.3, -0.25) is 4.90 Å². The average Bonchev–Trinajstić information content (AvgIpc) is 2.48. The van der Waals surface area contributed by atoms with Crippen molar-refractivity contribution in [2.45, 2.75) is 32.7 Å². The Labute approximate surface area is 123 Å². The minimum atomic E-state index is 0.818. The van der Waals surface area contributed by atoms with Crippen molar-refractivity contribution < 1.29 is 4.74 Å². The number of ether oxygens (including phenoxy) is 1. The van der Waals surface area contributed by atoms with Gasteiger partial charge in [-0.05, 0) is 56.0 Å². The van der Waals surface area contributed by atoms with Crippen LogP contribution in [0.4, 0.5) is 5.69 Å². The number of rotatable bonds is 7. The molecule has 0 unspecified atom stereocenters. The Morgan fingerprint density at radius 1 is 1.20 bits per heavy atom. The van der Waals surface area contributed by atoms with E-state index >= 15 is 0 Å². The zero-order valence-electron chi connectivity index (χ0n) is 12.9. The van der Waals surface area contributed by atoms with E-state index in [0.29, 0.717) is 0 Å². The average molecular weight is 276 g/mol. The minimum absolute atomic E-state index is 0.818. The summed E-state index contributed by atoms with van der Waals surface area (Å²) in [5.74, 6) is 0.907. The van der Waals surface area contributed by atoms with Gasteiger partial charge in [0.2, 0.25) is 0 Å². The number of methoxy groups -OCH3 is 1. The maximum Gasteiger partial charge on any atom is 0.0479 e. The molecule has 0 radical (unpaired) electrons. The zero-order valence-corrected chi connectivity index (χ0v) is 12.9. The third-order valence-corrected chi connectivity index (χ3v) is 4.09. The number of piperidine rings is 1. The molecule has 3 heteroatoms. The number of hydrogen-bond donors (Lipinski definition) is 1. The molecule has 0 amide bonds. The maximum atomic E-state index is 5.05.